The lowest BCUT2D eigenvalue weighted by atomic mass is 10.0. The number of hydrogen-bond donors (Lipinski definition) is 2. The van der Waals surface area contributed by atoms with Crippen molar-refractivity contribution in [1.82, 2.24) is 4.98 Å². The van der Waals surface area contributed by atoms with Crippen molar-refractivity contribution >= 4 is 17.7 Å². The smallest absolute Gasteiger partial charge is 0.310 e. The zero-order chi connectivity index (χ0) is 12.3. The van der Waals surface area contributed by atoms with E-state index in [2.05, 4.69) is 10.3 Å². The molecule has 0 saturated carbocycles. The summed E-state index contributed by atoms with van der Waals surface area (Å²) < 4.78 is 0. The number of carboxylic acids is 1. The molecule has 1 aromatic rings. The summed E-state index contributed by atoms with van der Waals surface area (Å²) in [6.45, 7) is 4.72. The van der Waals surface area contributed by atoms with E-state index in [1.165, 1.54) is 6.92 Å². The maximum atomic E-state index is 10.9. The minimum Gasteiger partial charge on any atom is -0.481 e. The second-order valence-corrected chi connectivity index (χ2v) is 3.67. The number of amides is 1. The summed E-state index contributed by atoms with van der Waals surface area (Å²) in [6.07, 6.45) is 0. The van der Waals surface area contributed by atoms with Gasteiger partial charge in [0, 0.05) is 12.6 Å². The van der Waals surface area contributed by atoms with Gasteiger partial charge in [-0.05, 0) is 31.5 Å². The van der Waals surface area contributed by atoms with Crippen molar-refractivity contribution in [3.05, 3.63) is 23.4 Å². The van der Waals surface area contributed by atoms with E-state index >= 15 is 0 Å². The highest BCUT2D eigenvalue weighted by atomic mass is 16.4. The summed E-state index contributed by atoms with van der Waals surface area (Å²) in [5.41, 5.74) is 1.30. The molecule has 0 aliphatic heterocycles. The van der Waals surface area contributed by atoms with Crippen LogP contribution in [0.2, 0.25) is 0 Å². The predicted octanol–water partition coefficient (Wildman–Crippen LogP) is 1.54. The fourth-order valence-electron chi connectivity index (χ4n) is 1.33. The molecule has 0 bridgehead atoms. The molecule has 1 aromatic heterocycles. The third-order valence-electron chi connectivity index (χ3n) is 2.15. The number of aryl methyl sites for hydroxylation is 1. The van der Waals surface area contributed by atoms with Gasteiger partial charge in [0.05, 0.1) is 5.92 Å². The van der Waals surface area contributed by atoms with Crippen LogP contribution >= 0.6 is 0 Å². The molecule has 0 aliphatic rings. The minimum atomic E-state index is -0.903. The van der Waals surface area contributed by atoms with E-state index in [4.69, 9.17) is 5.11 Å². The van der Waals surface area contributed by atoms with Crippen molar-refractivity contribution in [1.29, 1.82) is 0 Å². The molecular weight excluding hydrogens is 208 g/mol. The molecule has 16 heavy (non-hydrogen) atoms. The molecule has 86 valence electrons. The molecule has 5 heteroatoms. The molecule has 0 fully saturated rings. The van der Waals surface area contributed by atoms with Gasteiger partial charge in [-0.15, -0.1) is 0 Å². The molecule has 5 nitrogen and oxygen atoms in total. The van der Waals surface area contributed by atoms with Gasteiger partial charge >= 0.3 is 5.97 Å². The molecule has 0 aromatic carbocycles. The molecule has 0 spiro atoms. The number of nitrogens with one attached hydrogen (secondary N) is 1. The summed E-state index contributed by atoms with van der Waals surface area (Å²) in [6, 6.07) is 3.28. The third kappa shape index (κ3) is 3.05. The van der Waals surface area contributed by atoms with Crippen LogP contribution in [0.1, 0.15) is 31.0 Å². The van der Waals surface area contributed by atoms with Crippen LogP contribution in [-0.2, 0) is 9.59 Å². The zero-order valence-electron chi connectivity index (χ0n) is 9.44. The van der Waals surface area contributed by atoms with Crippen LogP contribution in [0.4, 0.5) is 5.82 Å². The molecule has 1 heterocycles. The van der Waals surface area contributed by atoms with Crippen molar-refractivity contribution in [2.24, 2.45) is 0 Å². The molecule has 1 unspecified atom stereocenters. The molecule has 0 radical (unpaired) electrons. The SMILES string of the molecule is CC(=O)Nc1cc(C(C)C(=O)O)cc(C)n1. The number of hydrogen-bond acceptors (Lipinski definition) is 3. The number of carbonyl (C=O) groups is 2. The fraction of sp³-hybridized carbons (Fsp3) is 0.364. The van der Waals surface area contributed by atoms with Crippen molar-refractivity contribution < 1.29 is 14.7 Å². The van der Waals surface area contributed by atoms with Crippen LogP contribution in [0.25, 0.3) is 0 Å². The Morgan fingerprint density at radius 1 is 1.44 bits per heavy atom. The van der Waals surface area contributed by atoms with Gasteiger partial charge in [0.1, 0.15) is 5.82 Å². The van der Waals surface area contributed by atoms with E-state index in [0.717, 1.165) is 0 Å². The third-order valence-corrected chi connectivity index (χ3v) is 2.15. The first-order valence-electron chi connectivity index (χ1n) is 4.89. The first-order chi connectivity index (χ1) is 7.40. The van der Waals surface area contributed by atoms with Crippen LogP contribution in [0.15, 0.2) is 12.1 Å². The Morgan fingerprint density at radius 2 is 2.06 bits per heavy atom. The van der Waals surface area contributed by atoms with E-state index in [0.29, 0.717) is 17.1 Å². The molecule has 1 amide bonds. The average molecular weight is 222 g/mol. The van der Waals surface area contributed by atoms with E-state index in [1.54, 1.807) is 26.0 Å². The minimum absolute atomic E-state index is 0.230. The van der Waals surface area contributed by atoms with E-state index < -0.39 is 11.9 Å². The normalized spacial score (nSPS) is 11.9. The highest BCUT2D eigenvalue weighted by molar-refractivity contribution is 5.88. The van der Waals surface area contributed by atoms with Crippen LogP contribution < -0.4 is 5.32 Å². The summed E-state index contributed by atoms with van der Waals surface area (Å²) in [4.78, 5) is 25.8. The number of aromatic nitrogens is 1. The lowest BCUT2D eigenvalue weighted by Crippen LogP contribution is -2.11. The molecule has 1 rings (SSSR count). The maximum absolute atomic E-state index is 10.9. The van der Waals surface area contributed by atoms with Gasteiger partial charge in [-0.1, -0.05) is 0 Å². The van der Waals surface area contributed by atoms with Gasteiger partial charge in [0.2, 0.25) is 5.91 Å². The topological polar surface area (TPSA) is 79.3 Å². The number of carboxylic acid groups (broad SMARTS) is 1. The summed E-state index contributed by atoms with van der Waals surface area (Å²) in [5, 5.41) is 11.4. The summed E-state index contributed by atoms with van der Waals surface area (Å²) in [5.74, 6) is -1.36. The van der Waals surface area contributed by atoms with Crippen molar-refractivity contribution in [3.63, 3.8) is 0 Å². The van der Waals surface area contributed by atoms with Crippen LogP contribution in [0, 0.1) is 6.92 Å². The van der Waals surface area contributed by atoms with Gasteiger partial charge in [-0.3, -0.25) is 9.59 Å². The van der Waals surface area contributed by atoms with Crippen LogP contribution in [-0.4, -0.2) is 22.0 Å². The quantitative estimate of drug-likeness (QED) is 0.812. The largest absolute Gasteiger partial charge is 0.481 e. The maximum Gasteiger partial charge on any atom is 0.310 e. The Hall–Kier alpha value is -1.91. The number of carbonyl (C=O) groups excluding carboxylic acids is 1. The standard InChI is InChI=1S/C11H14N2O3/c1-6-4-9(7(2)11(15)16)5-10(12-6)13-8(3)14/h4-5,7H,1-3H3,(H,15,16)(H,12,13,14). The molecular formula is C11H14N2O3. The number of pyridine rings is 1. The average Bonchev–Trinajstić information content (AvgIpc) is 2.14. The fourth-order valence-corrected chi connectivity index (χ4v) is 1.33. The lowest BCUT2D eigenvalue weighted by Gasteiger charge is -2.10. The Kier molecular flexibility index (Phi) is 3.60. The van der Waals surface area contributed by atoms with Crippen LogP contribution in [0.3, 0.4) is 0 Å². The lowest BCUT2D eigenvalue weighted by molar-refractivity contribution is -0.138. The summed E-state index contributed by atoms with van der Waals surface area (Å²) in [7, 11) is 0. The van der Waals surface area contributed by atoms with Gasteiger partial charge in [-0.25, -0.2) is 4.98 Å². The van der Waals surface area contributed by atoms with Gasteiger partial charge in [0.25, 0.3) is 0 Å². The zero-order valence-corrected chi connectivity index (χ0v) is 9.44. The van der Waals surface area contributed by atoms with Crippen LogP contribution in [0.5, 0.6) is 0 Å². The summed E-state index contributed by atoms with van der Waals surface area (Å²) >= 11 is 0. The van der Waals surface area contributed by atoms with Gasteiger partial charge in [-0.2, -0.15) is 0 Å². The van der Waals surface area contributed by atoms with E-state index in [9.17, 15) is 9.59 Å². The Morgan fingerprint density at radius 3 is 2.56 bits per heavy atom. The van der Waals surface area contributed by atoms with Gasteiger partial charge < -0.3 is 10.4 Å². The molecule has 0 aliphatic carbocycles. The second kappa shape index (κ2) is 4.74. The van der Waals surface area contributed by atoms with Crippen molar-refractivity contribution in [2.75, 3.05) is 5.32 Å². The number of rotatable bonds is 3. The van der Waals surface area contributed by atoms with E-state index in [1.807, 2.05) is 0 Å². The predicted molar refractivity (Wildman–Crippen MR) is 59.3 cm³/mol. The van der Waals surface area contributed by atoms with Gasteiger partial charge in [0.15, 0.2) is 0 Å². The molecule has 1 atom stereocenters. The monoisotopic (exact) mass is 222 g/mol. The van der Waals surface area contributed by atoms with Crippen molar-refractivity contribution in [3.8, 4) is 0 Å². The first-order valence-corrected chi connectivity index (χ1v) is 4.89. The Labute approximate surface area is 93.5 Å². The van der Waals surface area contributed by atoms with E-state index in [-0.39, 0.29) is 5.91 Å². The Balaban J connectivity index is 3.07. The highest BCUT2D eigenvalue weighted by Crippen LogP contribution is 2.19. The van der Waals surface area contributed by atoms with Crippen molar-refractivity contribution in [2.45, 2.75) is 26.7 Å². The highest BCUT2D eigenvalue weighted by Gasteiger charge is 2.15. The second-order valence-electron chi connectivity index (χ2n) is 3.67. The number of aliphatic carboxylic acids is 1. The number of anilines is 1. The molecule has 2 N–H and O–H groups in total. The number of nitrogens with zero attached hydrogens (tertiary/aromatic N) is 1. The first kappa shape index (κ1) is 12.2. The molecule has 0 saturated heterocycles. The Bertz CT molecular complexity index is 429.